The molecule has 4 heteroatoms. The van der Waals surface area contributed by atoms with Crippen LogP contribution >= 0.6 is 0 Å². The van der Waals surface area contributed by atoms with Gasteiger partial charge in [-0.3, -0.25) is 0 Å². The maximum atomic E-state index is 10.2. The Hall–Kier alpha value is -3.32. The molecule has 0 saturated heterocycles. The summed E-state index contributed by atoms with van der Waals surface area (Å²) < 4.78 is 1.82. The monoisotopic (exact) mass is 287 g/mol. The second-order valence-corrected chi connectivity index (χ2v) is 4.73. The fourth-order valence-electron chi connectivity index (χ4n) is 2.21. The lowest BCUT2D eigenvalue weighted by Crippen LogP contribution is -1.92. The molecule has 4 nitrogen and oxygen atoms in total. The van der Waals surface area contributed by atoms with Crippen molar-refractivity contribution in [3.8, 4) is 5.75 Å². The van der Waals surface area contributed by atoms with Crippen molar-refractivity contribution in [1.82, 2.24) is 9.55 Å². The van der Waals surface area contributed by atoms with E-state index in [0.29, 0.717) is 5.69 Å². The summed E-state index contributed by atoms with van der Waals surface area (Å²) in [5.41, 5.74) is 3.09. The van der Waals surface area contributed by atoms with Crippen molar-refractivity contribution in [3.63, 3.8) is 0 Å². The third kappa shape index (κ3) is 2.74. The number of benzene rings is 2. The lowest BCUT2D eigenvalue weighted by molar-refractivity contribution is 0.473. The minimum Gasteiger partial charge on any atom is -0.507 e. The van der Waals surface area contributed by atoms with Crippen molar-refractivity contribution < 1.29 is 5.11 Å². The first-order valence-corrected chi connectivity index (χ1v) is 6.73. The topological polar surface area (TPSA) is 42.4 Å². The van der Waals surface area contributed by atoms with E-state index in [1.165, 1.54) is 0 Å². The van der Waals surface area contributed by atoms with Crippen LogP contribution in [0.15, 0.2) is 67.3 Å². The van der Waals surface area contributed by atoms with Crippen molar-refractivity contribution >= 4 is 17.5 Å². The molecule has 0 fully saturated rings. The predicted octanol–water partition coefficient (Wildman–Crippen LogP) is 4.19. The van der Waals surface area contributed by atoms with E-state index in [1.807, 2.05) is 41.2 Å². The molecule has 0 aliphatic heterocycles. The Balaban J connectivity index is 2.15. The second-order valence-electron chi connectivity index (χ2n) is 4.73. The Bertz CT molecular complexity index is 841. The molecule has 0 aliphatic rings. The van der Waals surface area contributed by atoms with Crippen LogP contribution in [-0.4, -0.2) is 14.7 Å². The predicted molar refractivity (Wildman–Crippen MR) is 86.3 cm³/mol. The van der Waals surface area contributed by atoms with Crippen LogP contribution in [0.2, 0.25) is 0 Å². The lowest BCUT2D eigenvalue weighted by atomic mass is 9.98. The third-order valence-electron chi connectivity index (χ3n) is 3.30. The van der Waals surface area contributed by atoms with Crippen molar-refractivity contribution in [3.05, 3.63) is 89.8 Å². The largest absolute Gasteiger partial charge is 0.507 e. The molecule has 0 bridgehead atoms. The highest BCUT2D eigenvalue weighted by Gasteiger charge is 2.09. The molecule has 1 heterocycles. The van der Waals surface area contributed by atoms with E-state index in [1.54, 1.807) is 36.8 Å². The smallest absolute Gasteiger partial charge is 0.187 e. The number of hydrogen-bond acceptors (Lipinski definition) is 2. The summed E-state index contributed by atoms with van der Waals surface area (Å²) in [5.74, 6) is 0.211. The molecule has 0 aliphatic carbocycles. The van der Waals surface area contributed by atoms with E-state index < -0.39 is 0 Å². The second kappa shape index (κ2) is 5.98. The average molecular weight is 287 g/mol. The zero-order chi connectivity index (χ0) is 15.4. The first kappa shape index (κ1) is 13.7. The minimum atomic E-state index is 0.211. The molecular formula is C18H13N3O. The van der Waals surface area contributed by atoms with Gasteiger partial charge in [0, 0.05) is 29.7 Å². The molecule has 2 aromatic carbocycles. The molecule has 0 amide bonds. The number of para-hydroxylation sites is 1. The molecule has 0 atom stereocenters. The van der Waals surface area contributed by atoms with Gasteiger partial charge in [0.2, 0.25) is 0 Å². The average Bonchev–Trinajstić information content (AvgIpc) is 3.07. The van der Waals surface area contributed by atoms with Gasteiger partial charge in [-0.15, -0.1) is 0 Å². The van der Waals surface area contributed by atoms with Crippen LogP contribution in [0.3, 0.4) is 0 Å². The Kier molecular flexibility index (Phi) is 3.71. The van der Waals surface area contributed by atoms with E-state index in [-0.39, 0.29) is 5.75 Å². The summed E-state index contributed by atoms with van der Waals surface area (Å²) in [6.45, 7) is 7.04. The van der Waals surface area contributed by atoms with E-state index in [9.17, 15) is 5.11 Å². The van der Waals surface area contributed by atoms with Gasteiger partial charge in [-0.1, -0.05) is 42.5 Å². The zero-order valence-electron chi connectivity index (χ0n) is 11.7. The molecule has 0 unspecified atom stereocenters. The first-order chi connectivity index (χ1) is 10.8. The molecule has 3 aromatic rings. The van der Waals surface area contributed by atoms with Gasteiger partial charge in [-0.2, -0.15) is 0 Å². The summed E-state index contributed by atoms with van der Waals surface area (Å²) in [4.78, 5) is 7.43. The van der Waals surface area contributed by atoms with E-state index >= 15 is 0 Å². The molecule has 0 spiro atoms. The fourth-order valence-corrected chi connectivity index (χ4v) is 2.21. The van der Waals surface area contributed by atoms with Gasteiger partial charge in [-0.25, -0.2) is 9.83 Å². The van der Waals surface area contributed by atoms with E-state index in [0.717, 1.165) is 16.7 Å². The molecule has 0 saturated carbocycles. The molecule has 0 radical (unpaired) electrons. The van der Waals surface area contributed by atoms with Crippen molar-refractivity contribution in [2.75, 3.05) is 0 Å². The molecule has 1 aromatic heterocycles. The van der Waals surface area contributed by atoms with Crippen molar-refractivity contribution in [2.45, 2.75) is 0 Å². The van der Waals surface area contributed by atoms with Gasteiger partial charge in [0.1, 0.15) is 5.75 Å². The SMILES string of the molecule is [C-]#[N+]c1ccc(C(=Cn2ccnc2)c2ccccc2O)cc1. The lowest BCUT2D eigenvalue weighted by Gasteiger charge is -2.11. The molecule has 1 N–H and O–H groups in total. The van der Waals surface area contributed by atoms with Gasteiger partial charge in [0.05, 0.1) is 12.9 Å². The quantitative estimate of drug-likeness (QED) is 0.734. The van der Waals surface area contributed by atoms with Crippen LogP contribution in [-0.2, 0) is 0 Å². The summed E-state index contributed by atoms with van der Waals surface area (Å²) >= 11 is 0. The summed E-state index contributed by atoms with van der Waals surface area (Å²) in [6, 6.07) is 14.5. The van der Waals surface area contributed by atoms with Gasteiger partial charge in [0.25, 0.3) is 0 Å². The Morgan fingerprint density at radius 3 is 2.55 bits per heavy atom. The fraction of sp³-hybridized carbons (Fsp3) is 0. The Labute approximate surface area is 128 Å². The van der Waals surface area contributed by atoms with Crippen LogP contribution in [0.1, 0.15) is 11.1 Å². The summed E-state index contributed by atoms with van der Waals surface area (Å²) in [7, 11) is 0. The summed E-state index contributed by atoms with van der Waals surface area (Å²) in [6.07, 6.45) is 7.11. The van der Waals surface area contributed by atoms with Crippen molar-refractivity contribution in [1.29, 1.82) is 0 Å². The van der Waals surface area contributed by atoms with Gasteiger partial charge in [0.15, 0.2) is 5.69 Å². The highest BCUT2D eigenvalue weighted by Crippen LogP contribution is 2.31. The van der Waals surface area contributed by atoms with Gasteiger partial charge in [-0.05, 0) is 11.6 Å². The van der Waals surface area contributed by atoms with Gasteiger partial charge >= 0.3 is 0 Å². The number of aromatic nitrogens is 2. The maximum absolute atomic E-state index is 10.2. The van der Waals surface area contributed by atoms with E-state index in [2.05, 4.69) is 9.83 Å². The van der Waals surface area contributed by atoms with Gasteiger partial charge < -0.3 is 9.67 Å². The number of phenols is 1. The van der Waals surface area contributed by atoms with Crippen LogP contribution in [0.25, 0.3) is 16.6 Å². The molecule has 106 valence electrons. The van der Waals surface area contributed by atoms with Crippen LogP contribution in [0, 0.1) is 6.57 Å². The Morgan fingerprint density at radius 1 is 1.14 bits per heavy atom. The number of nitrogens with zero attached hydrogens (tertiary/aromatic N) is 3. The van der Waals surface area contributed by atoms with E-state index in [4.69, 9.17) is 6.57 Å². The number of hydrogen-bond donors (Lipinski definition) is 1. The zero-order valence-corrected chi connectivity index (χ0v) is 11.7. The standard InChI is InChI=1S/C18H13N3O/c1-19-15-8-6-14(7-9-15)17(12-21-11-10-20-13-21)16-4-2-3-5-18(16)22/h2-13,22H. The van der Waals surface area contributed by atoms with Crippen LogP contribution in [0.4, 0.5) is 5.69 Å². The first-order valence-electron chi connectivity index (χ1n) is 6.73. The van der Waals surface area contributed by atoms with Crippen LogP contribution in [0.5, 0.6) is 5.75 Å². The maximum Gasteiger partial charge on any atom is 0.187 e. The Morgan fingerprint density at radius 2 is 1.91 bits per heavy atom. The number of aromatic hydroxyl groups is 1. The molecule has 22 heavy (non-hydrogen) atoms. The molecule has 3 rings (SSSR count). The number of phenolic OH excluding ortho intramolecular Hbond substituents is 1. The molecular weight excluding hydrogens is 274 g/mol. The van der Waals surface area contributed by atoms with Crippen molar-refractivity contribution in [2.24, 2.45) is 0 Å². The highest BCUT2D eigenvalue weighted by molar-refractivity contribution is 5.89. The minimum absolute atomic E-state index is 0.211. The number of rotatable bonds is 3. The highest BCUT2D eigenvalue weighted by atomic mass is 16.3. The van der Waals surface area contributed by atoms with Crippen LogP contribution < -0.4 is 0 Å². The summed E-state index contributed by atoms with van der Waals surface area (Å²) in [5, 5.41) is 10.2. The third-order valence-corrected chi connectivity index (χ3v) is 3.30. The number of imidazole rings is 1. The normalized spacial score (nSPS) is 11.1.